The van der Waals surface area contributed by atoms with Crippen LogP contribution in [0.3, 0.4) is 0 Å². The molecule has 8 heteroatoms. The summed E-state index contributed by atoms with van der Waals surface area (Å²) in [6.07, 6.45) is 1.93. The second-order valence-corrected chi connectivity index (χ2v) is 6.65. The maximum absolute atomic E-state index is 12.2. The first-order valence-corrected chi connectivity index (χ1v) is 8.54. The van der Waals surface area contributed by atoms with Gasteiger partial charge in [-0.3, -0.25) is 14.8 Å². The monoisotopic (exact) mass is 324 g/mol. The highest BCUT2D eigenvalue weighted by molar-refractivity contribution is 7.98. The fourth-order valence-electron chi connectivity index (χ4n) is 1.62. The van der Waals surface area contributed by atoms with Crippen LogP contribution >= 0.6 is 11.8 Å². The second-order valence-electron chi connectivity index (χ2n) is 4.09. The molecule has 2 aromatic rings. The van der Waals surface area contributed by atoms with Crippen molar-refractivity contribution in [3.63, 3.8) is 0 Å². The molecule has 2 rings (SSSR count). The van der Waals surface area contributed by atoms with Gasteiger partial charge in [0.15, 0.2) is 0 Å². The van der Waals surface area contributed by atoms with Crippen LogP contribution in [-0.4, -0.2) is 19.6 Å². The van der Waals surface area contributed by atoms with E-state index in [0.29, 0.717) is 5.69 Å². The largest absolute Gasteiger partial charge is 0.280 e. The quantitative estimate of drug-likeness (QED) is 0.518. The first-order chi connectivity index (χ1) is 9.92. The van der Waals surface area contributed by atoms with E-state index in [-0.39, 0.29) is 10.6 Å². The number of sulfonamides is 1. The zero-order valence-electron chi connectivity index (χ0n) is 11.0. The van der Waals surface area contributed by atoms with Gasteiger partial charge in [0.1, 0.15) is 0 Å². The summed E-state index contributed by atoms with van der Waals surface area (Å²) in [7, 11) is -3.75. The topological polar surface area (TPSA) is 89.3 Å². The lowest BCUT2D eigenvalue weighted by molar-refractivity contribution is -0.384. The predicted octanol–water partition coefficient (Wildman–Crippen LogP) is 3.12. The molecule has 110 valence electrons. The van der Waals surface area contributed by atoms with Crippen LogP contribution in [0.25, 0.3) is 0 Å². The number of hydrogen-bond donors (Lipinski definition) is 1. The number of nitrogens with one attached hydrogen (secondary N) is 1. The molecule has 0 fully saturated rings. The van der Waals surface area contributed by atoms with Gasteiger partial charge in [-0.05, 0) is 42.7 Å². The molecule has 0 unspecified atom stereocenters. The van der Waals surface area contributed by atoms with E-state index in [1.807, 2.05) is 6.26 Å². The van der Waals surface area contributed by atoms with Crippen LogP contribution in [0.15, 0.2) is 58.3 Å². The van der Waals surface area contributed by atoms with E-state index in [4.69, 9.17) is 0 Å². The van der Waals surface area contributed by atoms with E-state index in [9.17, 15) is 18.5 Å². The molecule has 0 radical (unpaired) electrons. The van der Waals surface area contributed by atoms with Gasteiger partial charge in [0, 0.05) is 22.7 Å². The molecular formula is C13H12N2O4S2. The van der Waals surface area contributed by atoms with Crippen molar-refractivity contribution >= 4 is 33.2 Å². The molecule has 0 bridgehead atoms. The lowest BCUT2D eigenvalue weighted by Gasteiger charge is -2.08. The Balaban J connectivity index is 2.22. The van der Waals surface area contributed by atoms with Crippen molar-refractivity contribution in [3.8, 4) is 0 Å². The number of benzene rings is 2. The second kappa shape index (κ2) is 6.15. The average Bonchev–Trinajstić information content (AvgIpc) is 2.48. The maximum Gasteiger partial charge on any atom is 0.269 e. The smallest absolute Gasteiger partial charge is 0.269 e. The summed E-state index contributed by atoms with van der Waals surface area (Å²) < 4.78 is 26.7. The van der Waals surface area contributed by atoms with E-state index in [0.717, 1.165) is 17.0 Å². The van der Waals surface area contributed by atoms with Crippen molar-refractivity contribution in [1.82, 2.24) is 0 Å². The highest BCUT2D eigenvalue weighted by Crippen LogP contribution is 2.21. The van der Waals surface area contributed by atoms with Gasteiger partial charge in [-0.25, -0.2) is 8.42 Å². The van der Waals surface area contributed by atoms with Crippen LogP contribution in [0, 0.1) is 10.1 Å². The van der Waals surface area contributed by atoms with E-state index in [2.05, 4.69) is 4.72 Å². The van der Waals surface area contributed by atoms with Gasteiger partial charge < -0.3 is 0 Å². The molecule has 1 N–H and O–H groups in total. The lowest BCUT2D eigenvalue weighted by Crippen LogP contribution is -2.12. The minimum atomic E-state index is -3.75. The lowest BCUT2D eigenvalue weighted by atomic mass is 10.3. The van der Waals surface area contributed by atoms with Crippen molar-refractivity contribution in [3.05, 3.63) is 58.6 Å². The van der Waals surface area contributed by atoms with Crippen molar-refractivity contribution in [2.45, 2.75) is 9.79 Å². The summed E-state index contributed by atoms with van der Waals surface area (Å²) in [4.78, 5) is 11.0. The van der Waals surface area contributed by atoms with Crippen molar-refractivity contribution < 1.29 is 13.3 Å². The Morgan fingerprint density at radius 1 is 1.05 bits per heavy atom. The first-order valence-electron chi connectivity index (χ1n) is 5.84. The molecule has 21 heavy (non-hydrogen) atoms. The van der Waals surface area contributed by atoms with E-state index >= 15 is 0 Å². The summed E-state index contributed by atoms with van der Waals surface area (Å²) in [5.41, 5.74) is 0.282. The zero-order chi connectivity index (χ0) is 15.5. The van der Waals surface area contributed by atoms with Crippen molar-refractivity contribution in [2.75, 3.05) is 11.0 Å². The number of anilines is 1. The van der Waals surface area contributed by atoms with Gasteiger partial charge in [-0.1, -0.05) is 0 Å². The van der Waals surface area contributed by atoms with Crippen LogP contribution in [0.5, 0.6) is 0 Å². The SMILES string of the molecule is CSc1ccc(NS(=O)(=O)c2ccc([N+](=O)[O-])cc2)cc1. The number of nitro benzene ring substituents is 1. The molecule has 0 atom stereocenters. The Morgan fingerprint density at radius 3 is 2.10 bits per heavy atom. The predicted molar refractivity (Wildman–Crippen MR) is 82.1 cm³/mol. The van der Waals surface area contributed by atoms with Gasteiger partial charge in [0.05, 0.1) is 9.82 Å². The fourth-order valence-corrected chi connectivity index (χ4v) is 3.09. The van der Waals surface area contributed by atoms with Crippen LogP contribution in [0.1, 0.15) is 0 Å². The Kier molecular flexibility index (Phi) is 4.49. The minimum absolute atomic E-state index is 0.0259. The Hall–Kier alpha value is -2.06. The third-order valence-electron chi connectivity index (χ3n) is 2.70. The summed E-state index contributed by atoms with van der Waals surface area (Å²) in [6.45, 7) is 0. The molecule has 0 saturated heterocycles. The molecule has 0 aliphatic heterocycles. The van der Waals surface area contributed by atoms with Gasteiger partial charge in [0.2, 0.25) is 0 Å². The van der Waals surface area contributed by atoms with Gasteiger partial charge in [-0.2, -0.15) is 0 Å². The molecule has 0 saturated carbocycles. The molecule has 2 aromatic carbocycles. The van der Waals surface area contributed by atoms with Crippen LogP contribution in [0.4, 0.5) is 11.4 Å². The Labute approximate surface area is 126 Å². The maximum atomic E-state index is 12.2. The van der Waals surface area contributed by atoms with E-state index < -0.39 is 14.9 Å². The molecule has 0 spiro atoms. The summed E-state index contributed by atoms with van der Waals surface area (Å²) in [5, 5.41) is 10.6. The van der Waals surface area contributed by atoms with E-state index in [1.165, 1.54) is 12.1 Å². The Bertz CT molecular complexity index is 741. The van der Waals surface area contributed by atoms with Crippen molar-refractivity contribution in [1.29, 1.82) is 0 Å². The van der Waals surface area contributed by atoms with Crippen LogP contribution < -0.4 is 4.72 Å². The molecule has 6 nitrogen and oxygen atoms in total. The molecular weight excluding hydrogens is 312 g/mol. The minimum Gasteiger partial charge on any atom is -0.280 e. The van der Waals surface area contributed by atoms with Gasteiger partial charge >= 0.3 is 0 Å². The normalized spacial score (nSPS) is 11.1. The molecule has 0 amide bonds. The van der Waals surface area contributed by atoms with Gasteiger partial charge in [-0.15, -0.1) is 11.8 Å². The van der Waals surface area contributed by atoms with Crippen LogP contribution in [0.2, 0.25) is 0 Å². The number of hydrogen-bond acceptors (Lipinski definition) is 5. The highest BCUT2D eigenvalue weighted by Gasteiger charge is 2.15. The van der Waals surface area contributed by atoms with Crippen LogP contribution in [-0.2, 0) is 10.0 Å². The summed E-state index contributed by atoms with van der Waals surface area (Å²) in [6, 6.07) is 11.7. The number of rotatable bonds is 5. The molecule has 0 aliphatic rings. The third kappa shape index (κ3) is 3.73. The number of non-ortho nitro benzene ring substituents is 1. The summed E-state index contributed by atoms with van der Waals surface area (Å²) in [5.74, 6) is 0. The molecule has 0 aromatic heterocycles. The Morgan fingerprint density at radius 2 is 1.62 bits per heavy atom. The fraction of sp³-hybridized carbons (Fsp3) is 0.0769. The van der Waals surface area contributed by atoms with E-state index in [1.54, 1.807) is 36.0 Å². The average molecular weight is 324 g/mol. The molecule has 0 aliphatic carbocycles. The molecule has 0 heterocycles. The van der Waals surface area contributed by atoms with Crippen molar-refractivity contribution in [2.24, 2.45) is 0 Å². The number of nitrogens with zero attached hydrogens (tertiary/aromatic N) is 1. The number of thioether (sulfide) groups is 1. The highest BCUT2D eigenvalue weighted by atomic mass is 32.2. The summed E-state index contributed by atoms with van der Waals surface area (Å²) >= 11 is 1.56. The first kappa shape index (κ1) is 15.3. The van der Waals surface area contributed by atoms with Gasteiger partial charge in [0.25, 0.3) is 15.7 Å². The number of nitro groups is 1. The standard InChI is InChI=1S/C13H12N2O4S2/c1-20-12-6-2-10(3-7-12)14-21(18,19)13-8-4-11(5-9-13)15(16)17/h2-9,14H,1H3. The zero-order valence-corrected chi connectivity index (χ0v) is 12.6. The third-order valence-corrected chi connectivity index (χ3v) is 4.84.